The first kappa shape index (κ1) is 12.1. The van der Waals surface area contributed by atoms with E-state index >= 15 is 0 Å². The first-order chi connectivity index (χ1) is 8.33. The van der Waals surface area contributed by atoms with Crippen LogP contribution in [0.25, 0.3) is 0 Å². The molecule has 1 aromatic rings. The zero-order valence-electron chi connectivity index (χ0n) is 10.2. The van der Waals surface area contributed by atoms with E-state index in [9.17, 15) is 0 Å². The fourth-order valence-corrected chi connectivity index (χ4v) is 2.39. The standard InChI is InChI=1S/C14H18N2O/c1-17-8-7-16-6-5-14(11-16)13-4-2-3-12(9-13)10-15/h2-4,9,14H,5-8,11H2,1H3. The molecule has 17 heavy (non-hydrogen) atoms. The lowest BCUT2D eigenvalue weighted by Crippen LogP contribution is -2.24. The molecular formula is C14H18N2O. The lowest BCUT2D eigenvalue weighted by Gasteiger charge is -2.15. The maximum Gasteiger partial charge on any atom is 0.0991 e. The van der Waals surface area contributed by atoms with Crippen LogP contribution in [0.3, 0.4) is 0 Å². The summed E-state index contributed by atoms with van der Waals surface area (Å²) in [6.07, 6.45) is 1.18. The van der Waals surface area contributed by atoms with Crippen LogP contribution < -0.4 is 0 Å². The van der Waals surface area contributed by atoms with E-state index in [2.05, 4.69) is 17.0 Å². The number of benzene rings is 1. The van der Waals surface area contributed by atoms with Crippen molar-refractivity contribution < 1.29 is 4.74 Å². The first-order valence-electron chi connectivity index (χ1n) is 6.05. The summed E-state index contributed by atoms with van der Waals surface area (Å²) in [5.41, 5.74) is 2.06. The number of nitriles is 1. The summed E-state index contributed by atoms with van der Waals surface area (Å²) in [6, 6.07) is 10.2. The van der Waals surface area contributed by atoms with Crippen LogP contribution in [0.15, 0.2) is 24.3 Å². The predicted molar refractivity (Wildman–Crippen MR) is 66.8 cm³/mol. The van der Waals surface area contributed by atoms with Gasteiger partial charge in [0.25, 0.3) is 0 Å². The van der Waals surface area contributed by atoms with Crippen molar-refractivity contribution in [2.24, 2.45) is 0 Å². The van der Waals surface area contributed by atoms with Crippen molar-refractivity contribution in [2.75, 3.05) is 33.4 Å². The van der Waals surface area contributed by atoms with Crippen LogP contribution >= 0.6 is 0 Å². The van der Waals surface area contributed by atoms with Gasteiger partial charge in [-0.05, 0) is 36.6 Å². The number of hydrogen-bond acceptors (Lipinski definition) is 3. The van der Waals surface area contributed by atoms with Crippen LogP contribution in [-0.2, 0) is 4.74 Å². The fourth-order valence-electron chi connectivity index (χ4n) is 2.39. The maximum atomic E-state index is 8.90. The highest BCUT2D eigenvalue weighted by atomic mass is 16.5. The van der Waals surface area contributed by atoms with Gasteiger partial charge < -0.3 is 9.64 Å². The van der Waals surface area contributed by atoms with Gasteiger partial charge in [0.15, 0.2) is 0 Å². The van der Waals surface area contributed by atoms with Crippen molar-refractivity contribution in [3.63, 3.8) is 0 Å². The number of nitrogens with zero attached hydrogens (tertiary/aromatic N) is 2. The summed E-state index contributed by atoms with van der Waals surface area (Å²) < 4.78 is 5.10. The third-order valence-corrected chi connectivity index (χ3v) is 3.37. The van der Waals surface area contributed by atoms with E-state index in [1.54, 1.807) is 7.11 Å². The fraction of sp³-hybridized carbons (Fsp3) is 0.500. The van der Waals surface area contributed by atoms with Gasteiger partial charge in [-0.1, -0.05) is 12.1 Å². The molecule has 0 radical (unpaired) electrons. The lowest BCUT2D eigenvalue weighted by atomic mass is 9.97. The number of hydrogen-bond donors (Lipinski definition) is 0. The SMILES string of the molecule is COCCN1CCC(c2cccc(C#N)c2)C1. The summed E-state index contributed by atoms with van der Waals surface area (Å²) in [6.45, 7) is 4.01. The minimum absolute atomic E-state index is 0.570. The van der Waals surface area contributed by atoms with Crippen molar-refractivity contribution in [3.8, 4) is 6.07 Å². The molecular weight excluding hydrogens is 212 g/mol. The monoisotopic (exact) mass is 230 g/mol. The Labute approximate surface area is 103 Å². The van der Waals surface area contributed by atoms with E-state index in [1.165, 1.54) is 12.0 Å². The number of rotatable bonds is 4. The number of ether oxygens (including phenoxy) is 1. The van der Waals surface area contributed by atoms with Gasteiger partial charge >= 0.3 is 0 Å². The second-order valence-electron chi connectivity index (χ2n) is 4.52. The largest absolute Gasteiger partial charge is 0.383 e. The molecule has 3 nitrogen and oxygen atoms in total. The molecule has 1 fully saturated rings. The molecule has 1 aromatic carbocycles. The third-order valence-electron chi connectivity index (χ3n) is 3.37. The van der Waals surface area contributed by atoms with Crippen molar-refractivity contribution in [1.82, 2.24) is 4.90 Å². The summed E-state index contributed by atoms with van der Waals surface area (Å²) >= 11 is 0. The summed E-state index contributed by atoms with van der Waals surface area (Å²) in [7, 11) is 1.74. The molecule has 0 amide bonds. The van der Waals surface area contributed by atoms with E-state index in [0.29, 0.717) is 5.92 Å². The van der Waals surface area contributed by atoms with Crippen LogP contribution in [-0.4, -0.2) is 38.3 Å². The number of likely N-dealkylation sites (tertiary alicyclic amines) is 1. The molecule has 1 saturated heterocycles. The maximum absolute atomic E-state index is 8.90. The van der Waals surface area contributed by atoms with Gasteiger partial charge in [-0.2, -0.15) is 5.26 Å². The molecule has 2 rings (SSSR count). The van der Waals surface area contributed by atoms with Crippen LogP contribution in [0.4, 0.5) is 0 Å². The zero-order chi connectivity index (χ0) is 12.1. The molecule has 0 aromatic heterocycles. The lowest BCUT2D eigenvalue weighted by molar-refractivity contribution is 0.160. The second kappa shape index (κ2) is 5.81. The summed E-state index contributed by atoms with van der Waals surface area (Å²) in [5, 5.41) is 8.90. The Bertz CT molecular complexity index is 411. The molecule has 3 heteroatoms. The molecule has 1 aliphatic rings. The predicted octanol–water partition coefficient (Wildman–Crippen LogP) is 1.99. The average Bonchev–Trinajstić information content (AvgIpc) is 2.85. The Morgan fingerprint density at radius 2 is 2.41 bits per heavy atom. The molecule has 1 unspecified atom stereocenters. The quantitative estimate of drug-likeness (QED) is 0.793. The molecule has 0 N–H and O–H groups in total. The first-order valence-corrected chi connectivity index (χ1v) is 6.05. The Morgan fingerprint density at radius 3 is 3.18 bits per heavy atom. The van der Waals surface area contributed by atoms with Crippen LogP contribution in [0.5, 0.6) is 0 Å². The van der Waals surface area contributed by atoms with E-state index in [0.717, 1.165) is 31.8 Å². The Balaban J connectivity index is 1.97. The van der Waals surface area contributed by atoms with Gasteiger partial charge in [0, 0.05) is 20.2 Å². The normalized spacial score (nSPS) is 20.4. The minimum atomic E-state index is 0.570. The number of methoxy groups -OCH3 is 1. The highest BCUT2D eigenvalue weighted by molar-refractivity contribution is 5.34. The van der Waals surface area contributed by atoms with E-state index in [-0.39, 0.29) is 0 Å². The zero-order valence-corrected chi connectivity index (χ0v) is 10.2. The van der Waals surface area contributed by atoms with Gasteiger partial charge in [0.1, 0.15) is 0 Å². The summed E-state index contributed by atoms with van der Waals surface area (Å²) in [4.78, 5) is 2.42. The molecule has 0 saturated carbocycles. The van der Waals surface area contributed by atoms with Gasteiger partial charge in [0.2, 0.25) is 0 Å². The van der Waals surface area contributed by atoms with Crippen molar-refractivity contribution in [1.29, 1.82) is 5.26 Å². The highest BCUT2D eigenvalue weighted by Gasteiger charge is 2.23. The molecule has 0 spiro atoms. The molecule has 1 atom stereocenters. The van der Waals surface area contributed by atoms with Crippen LogP contribution in [0, 0.1) is 11.3 Å². The molecule has 1 aliphatic heterocycles. The smallest absolute Gasteiger partial charge is 0.0991 e. The Kier molecular flexibility index (Phi) is 4.13. The Morgan fingerprint density at radius 1 is 1.53 bits per heavy atom. The van der Waals surface area contributed by atoms with E-state index in [4.69, 9.17) is 10.00 Å². The van der Waals surface area contributed by atoms with E-state index < -0.39 is 0 Å². The van der Waals surface area contributed by atoms with Crippen molar-refractivity contribution >= 4 is 0 Å². The van der Waals surface area contributed by atoms with Crippen LogP contribution in [0.1, 0.15) is 23.5 Å². The van der Waals surface area contributed by atoms with Crippen LogP contribution in [0.2, 0.25) is 0 Å². The van der Waals surface area contributed by atoms with Gasteiger partial charge in [-0.3, -0.25) is 0 Å². The average molecular weight is 230 g/mol. The summed E-state index contributed by atoms with van der Waals surface area (Å²) in [5.74, 6) is 0.570. The molecule has 1 heterocycles. The Hall–Kier alpha value is -1.37. The second-order valence-corrected chi connectivity index (χ2v) is 4.52. The minimum Gasteiger partial charge on any atom is -0.383 e. The van der Waals surface area contributed by atoms with E-state index in [1.807, 2.05) is 18.2 Å². The highest BCUT2D eigenvalue weighted by Crippen LogP contribution is 2.27. The third kappa shape index (κ3) is 3.06. The molecule has 0 bridgehead atoms. The van der Waals surface area contributed by atoms with Gasteiger partial charge in [-0.25, -0.2) is 0 Å². The molecule has 90 valence electrons. The topological polar surface area (TPSA) is 36.3 Å². The van der Waals surface area contributed by atoms with Crippen molar-refractivity contribution in [2.45, 2.75) is 12.3 Å². The van der Waals surface area contributed by atoms with Gasteiger partial charge in [-0.15, -0.1) is 0 Å². The van der Waals surface area contributed by atoms with Gasteiger partial charge in [0.05, 0.1) is 18.2 Å². The molecule has 0 aliphatic carbocycles. The van der Waals surface area contributed by atoms with Crippen molar-refractivity contribution in [3.05, 3.63) is 35.4 Å².